The Kier molecular flexibility index (Phi) is 7.98. The summed E-state index contributed by atoms with van der Waals surface area (Å²) in [6.45, 7) is 6.52. The molecular weight excluding hydrogens is 468 g/mol. The van der Waals surface area contributed by atoms with Gasteiger partial charge in [-0.2, -0.15) is 0 Å². The molecule has 4 rings (SSSR count). The van der Waals surface area contributed by atoms with Crippen LogP contribution in [0.15, 0.2) is 72.9 Å². The average molecular weight is 501 g/mol. The molecule has 0 fully saturated rings. The summed E-state index contributed by atoms with van der Waals surface area (Å²) in [6, 6.07) is 19.1. The van der Waals surface area contributed by atoms with Gasteiger partial charge in [-0.15, -0.1) is 0 Å². The molecule has 1 unspecified atom stereocenters. The summed E-state index contributed by atoms with van der Waals surface area (Å²) in [4.78, 5) is 17.7. The number of fused-ring (bicyclic) bond motifs is 1. The Morgan fingerprint density at radius 2 is 1.89 bits per heavy atom. The first-order valence-electron chi connectivity index (χ1n) is 12.2. The Labute approximate surface area is 216 Å². The summed E-state index contributed by atoms with van der Waals surface area (Å²) in [7, 11) is 0. The summed E-state index contributed by atoms with van der Waals surface area (Å²) < 4.78 is 11.7. The van der Waals surface area contributed by atoms with E-state index in [0.29, 0.717) is 29.5 Å². The van der Waals surface area contributed by atoms with Gasteiger partial charge in [-0.05, 0) is 85.8 Å². The zero-order valence-corrected chi connectivity index (χ0v) is 21.2. The minimum Gasteiger partial charge on any atom is -0.508 e. The number of aromatic nitrogens is 1. The molecule has 1 heterocycles. The van der Waals surface area contributed by atoms with Gasteiger partial charge in [0.15, 0.2) is 11.5 Å². The van der Waals surface area contributed by atoms with Crippen LogP contribution in [0.25, 0.3) is 10.8 Å². The Morgan fingerprint density at radius 3 is 2.65 bits per heavy atom. The number of carbonyl (C=O) groups is 1. The van der Waals surface area contributed by atoms with E-state index in [1.165, 1.54) is 0 Å². The second-order valence-electron chi connectivity index (χ2n) is 8.90. The van der Waals surface area contributed by atoms with Crippen molar-refractivity contribution in [3.63, 3.8) is 0 Å². The fourth-order valence-electron chi connectivity index (χ4n) is 4.04. The molecule has 1 aromatic heterocycles. The van der Waals surface area contributed by atoms with E-state index >= 15 is 0 Å². The van der Waals surface area contributed by atoms with E-state index < -0.39 is 6.04 Å². The Morgan fingerprint density at radius 1 is 1.05 bits per heavy atom. The lowest BCUT2D eigenvalue weighted by molar-refractivity contribution is -0.122. The van der Waals surface area contributed by atoms with Crippen LogP contribution in [0.4, 0.5) is 11.5 Å². The second kappa shape index (κ2) is 11.5. The molecule has 0 spiro atoms. The lowest BCUT2D eigenvalue weighted by Crippen LogP contribution is -2.33. The number of nitrogens with two attached hydrogens (primary N) is 1. The van der Waals surface area contributed by atoms with Crippen LogP contribution in [0.1, 0.15) is 37.9 Å². The quantitative estimate of drug-likeness (QED) is 0.237. The first-order valence-corrected chi connectivity index (χ1v) is 12.2. The molecule has 8 heteroatoms. The summed E-state index contributed by atoms with van der Waals surface area (Å²) in [6.07, 6.45) is 1.63. The Hall–Kier alpha value is -4.46. The second-order valence-corrected chi connectivity index (χ2v) is 8.90. The van der Waals surface area contributed by atoms with Gasteiger partial charge in [0.25, 0.3) is 0 Å². The van der Waals surface area contributed by atoms with Crippen LogP contribution >= 0.6 is 0 Å². The molecule has 0 saturated carbocycles. The van der Waals surface area contributed by atoms with Crippen LogP contribution < -0.4 is 25.8 Å². The van der Waals surface area contributed by atoms with Crippen LogP contribution in [-0.4, -0.2) is 28.7 Å². The zero-order valence-electron chi connectivity index (χ0n) is 21.2. The number of benzene rings is 3. The molecule has 0 saturated heterocycles. The van der Waals surface area contributed by atoms with Crippen molar-refractivity contribution in [3.8, 4) is 17.2 Å². The first kappa shape index (κ1) is 25.6. The topological polar surface area (TPSA) is 119 Å². The number of nitrogen functional groups attached to an aromatic ring is 1. The van der Waals surface area contributed by atoms with Crippen LogP contribution in [0.2, 0.25) is 0 Å². The summed E-state index contributed by atoms with van der Waals surface area (Å²) in [5, 5.41) is 17.9. The number of pyridine rings is 1. The number of carbonyl (C=O) groups excluding carboxylic acids is 1. The minimum absolute atomic E-state index is 0.0240. The predicted molar refractivity (Wildman–Crippen MR) is 146 cm³/mol. The molecule has 0 aliphatic carbocycles. The summed E-state index contributed by atoms with van der Waals surface area (Å²) >= 11 is 0. The highest BCUT2D eigenvalue weighted by Gasteiger charge is 2.23. The van der Waals surface area contributed by atoms with Crippen LogP contribution in [0.3, 0.4) is 0 Å². The van der Waals surface area contributed by atoms with Crippen molar-refractivity contribution in [1.82, 2.24) is 10.3 Å². The molecule has 0 aliphatic rings. The van der Waals surface area contributed by atoms with Gasteiger partial charge < -0.3 is 30.9 Å². The highest BCUT2D eigenvalue weighted by molar-refractivity contribution is 5.94. The van der Waals surface area contributed by atoms with Gasteiger partial charge >= 0.3 is 0 Å². The number of ether oxygens (including phenoxy) is 2. The number of hydrogen-bond donors (Lipinski definition) is 4. The van der Waals surface area contributed by atoms with Gasteiger partial charge in [-0.1, -0.05) is 18.2 Å². The molecule has 1 atom stereocenters. The Bertz CT molecular complexity index is 1390. The smallest absolute Gasteiger partial charge is 0.247 e. The number of rotatable bonds is 10. The van der Waals surface area contributed by atoms with Crippen molar-refractivity contribution < 1.29 is 19.4 Å². The van der Waals surface area contributed by atoms with Gasteiger partial charge in [-0.25, -0.2) is 4.98 Å². The van der Waals surface area contributed by atoms with E-state index in [1.54, 1.807) is 24.4 Å². The molecule has 0 aliphatic heterocycles. The van der Waals surface area contributed by atoms with Gasteiger partial charge in [0.2, 0.25) is 5.91 Å². The first-order chi connectivity index (χ1) is 17.8. The number of anilines is 2. The van der Waals surface area contributed by atoms with Gasteiger partial charge in [-0.3, -0.25) is 4.79 Å². The summed E-state index contributed by atoms with van der Waals surface area (Å²) in [5.41, 5.74) is 8.25. The van der Waals surface area contributed by atoms with Gasteiger partial charge in [0.1, 0.15) is 17.6 Å². The maximum Gasteiger partial charge on any atom is 0.247 e. The SMILES string of the molecule is CCOc1cc(C(Nc2ccc3c(N)nccc3c2)C(=O)NCc2cccc(O)c2)ccc1OC(C)C. The van der Waals surface area contributed by atoms with Crippen molar-refractivity contribution in [2.75, 3.05) is 17.7 Å². The molecule has 1 amide bonds. The molecule has 5 N–H and O–H groups in total. The number of hydrogen-bond acceptors (Lipinski definition) is 7. The van der Waals surface area contributed by atoms with Crippen molar-refractivity contribution >= 4 is 28.2 Å². The van der Waals surface area contributed by atoms with Crippen molar-refractivity contribution in [1.29, 1.82) is 0 Å². The highest BCUT2D eigenvalue weighted by Crippen LogP contribution is 2.33. The Balaban J connectivity index is 1.67. The maximum atomic E-state index is 13.5. The fourth-order valence-corrected chi connectivity index (χ4v) is 4.04. The van der Waals surface area contributed by atoms with E-state index in [-0.39, 0.29) is 24.3 Å². The molecule has 0 bridgehead atoms. The van der Waals surface area contributed by atoms with Crippen molar-refractivity contribution in [2.45, 2.75) is 39.5 Å². The molecule has 0 radical (unpaired) electrons. The largest absolute Gasteiger partial charge is 0.508 e. The van der Waals surface area contributed by atoms with E-state index in [0.717, 1.165) is 22.0 Å². The van der Waals surface area contributed by atoms with Gasteiger partial charge in [0.05, 0.1) is 12.7 Å². The number of phenols is 1. The van der Waals surface area contributed by atoms with E-state index in [2.05, 4.69) is 15.6 Å². The van der Waals surface area contributed by atoms with E-state index in [9.17, 15) is 9.90 Å². The number of nitrogens with zero attached hydrogens (tertiary/aromatic N) is 1. The monoisotopic (exact) mass is 500 g/mol. The van der Waals surface area contributed by atoms with Crippen molar-refractivity contribution in [3.05, 3.63) is 84.1 Å². The summed E-state index contributed by atoms with van der Waals surface area (Å²) in [5.74, 6) is 1.55. The third kappa shape index (κ3) is 6.41. The maximum absolute atomic E-state index is 13.5. The van der Waals surface area contributed by atoms with Crippen LogP contribution in [-0.2, 0) is 11.3 Å². The normalized spacial score (nSPS) is 11.8. The molecule has 192 valence electrons. The number of aromatic hydroxyl groups is 1. The van der Waals surface area contributed by atoms with Gasteiger partial charge in [0, 0.05) is 23.8 Å². The average Bonchev–Trinajstić information content (AvgIpc) is 2.87. The standard InChI is InChI=1S/C29H32N4O4/c1-4-36-26-16-21(8-11-25(26)37-18(2)3)27(29(35)32-17-19-6-5-7-23(34)14-19)33-22-9-10-24-20(15-22)12-13-31-28(24)30/h5-16,18,27,33-34H,4,17H2,1-3H3,(H2,30,31)(H,32,35). The van der Waals surface area contributed by atoms with E-state index in [4.69, 9.17) is 15.2 Å². The molecule has 4 aromatic rings. The third-order valence-corrected chi connectivity index (χ3v) is 5.71. The number of amides is 1. The lowest BCUT2D eigenvalue weighted by atomic mass is 10.0. The third-order valence-electron chi connectivity index (χ3n) is 5.71. The number of phenolic OH excluding ortho intramolecular Hbond substituents is 1. The minimum atomic E-state index is -0.735. The zero-order chi connectivity index (χ0) is 26.4. The van der Waals surface area contributed by atoms with Crippen LogP contribution in [0, 0.1) is 0 Å². The highest BCUT2D eigenvalue weighted by atomic mass is 16.5. The predicted octanol–water partition coefficient (Wildman–Crippen LogP) is 5.18. The fraction of sp³-hybridized carbons (Fsp3) is 0.241. The molecule has 37 heavy (non-hydrogen) atoms. The molecular formula is C29H32N4O4. The number of nitrogens with one attached hydrogen (secondary N) is 2. The van der Waals surface area contributed by atoms with Crippen LogP contribution in [0.5, 0.6) is 17.2 Å². The van der Waals surface area contributed by atoms with E-state index in [1.807, 2.05) is 69.3 Å². The van der Waals surface area contributed by atoms with Crippen molar-refractivity contribution in [2.24, 2.45) is 0 Å². The molecule has 8 nitrogen and oxygen atoms in total. The lowest BCUT2D eigenvalue weighted by Gasteiger charge is -2.22. The molecule has 3 aromatic carbocycles.